The number of carbonyl (C=O) groups excluding carboxylic acids is 2. The maximum Gasteiger partial charge on any atom is 0.416 e. The lowest BCUT2D eigenvalue weighted by atomic mass is 10.0. The molecule has 29 heavy (non-hydrogen) atoms. The van der Waals surface area contributed by atoms with Crippen LogP contribution in [-0.4, -0.2) is 23.3 Å². The van der Waals surface area contributed by atoms with Crippen molar-refractivity contribution >= 4 is 46.3 Å². The third-order valence-electron chi connectivity index (χ3n) is 4.14. The molecule has 1 aliphatic rings. The first-order valence-electron chi connectivity index (χ1n) is 8.24. The van der Waals surface area contributed by atoms with Crippen LogP contribution in [0.25, 0.3) is 5.57 Å². The monoisotopic (exact) mass is 440 g/mol. The molecular weight excluding hydrogens is 428 g/mol. The lowest BCUT2D eigenvalue weighted by molar-refractivity contribution is -0.138. The van der Waals surface area contributed by atoms with Crippen LogP contribution in [0.1, 0.15) is 11.1 Å². The van der Waals surface area contributed by atoms with Crippen molar-refractivity contribution in [3.05, 3.63) is 82.0 Å². The van der Waals surface area contributed by atoms with Gasteiger partial charge in [0.15, 0.2) is 0 Å². The molecule has 0 aromatic heterocycles. The van der Waals surface area contributed by atoms with Gasteiger partial charge in [-0.1, -0.05) is 41.4 Å². The summed E-state index contributed by atoms with van der Waals surface area (Å²) in [5, 5.41) is 3.10. The van der Waals surface area contributed by atoms with Gasteiger partial charge in [-0.05, 0) is 30.3 Å². The van der Waals surface area contributed by atoms with E-state index in [1.54, 1.807) is 0 Å². The Morgan fingerprint density at radius 2 is 1.79 bits per heavy atom. The first-order valence-corrected chi connectivity index (χ1v) is 9.00. The largest absolute Gasteiger partial charge is 0.416 e. The van der Waals surface area contributed by atoms with E-state index >= 15 is 0 Å². The molecule has 2 amide bonds. The molecule has 0 bridgehead atoms. The molecule has 0 aliphatic carbocycles. The fraction of sp³-hybridized carbons (Fsp3) is 0.100. The summed E-state index contributed by atoms with van der Waals surface area (Å²) in [4.78, 5) is 26.6. The lowest BCUT2D eigenvalue weighted by Crippen LogP contribution is -2.32. The Morgan fingerprint density at radius 1 is 1.07 bits per heavy atom. The molecule has 0 saturated heterocycles. The standard InChI is InChI=1S/C20H13Cl2F3N2O2/c1-2-8-27-18(28)16(14-7-6-12(21)10-15(14)22)17(19(27)29)26-13-5-3-4-11(9-13)20(23,24)25/h2-7,9-10,26H,1,8H2. The highest BCUT2D eigenvalue weighted by Gasteiger charge is 2.39. The molecule has 150 valence electrons. The number of halogens is 5. The van der Waals surface area contributed by atoms with Crippen LogP contribution in [0.5, 0.6) is 0 Å². The van der Waals surface area contributed by atoms with Crippen LogP contribution < -0.4 is 5.32 Å². The molecule has 1 aliphatic heterocycles. The van der Waals surface area contributed by atoms with E-state index in [-0.39, 0.29) is 34.1 Å². The normalized spacial score (nSPS) is 14.6. The van der Waals surface area contributed by atoms with Crippen molar-refractivity contribution in [1.82, 2.24) is 4.90 Å². The Labute approximate surface area is 174 Å². The number of benzene rings is 2. The number of nitrogens with one attached hydrogen (secondary N) is 1. The molecule has 0 spiro atoms. The average Bonchev–Trinajstić information content (AvgIpc) is 2.86. The number of rotatable bonds is 5. The van der Waals surface area contributed by atoms with Crippen LogP contribution in [0, 0.1) is 0 Å². The average molecular weight is 441 g/mol. The van der Waals surface area contributed by atoms with Crippen molar-refractivity contribution in [2.75, 3.05) is 11.9 Å². The summed E-state index contributed by atoms with van der Waals surface area (Å²) >= 11 is 12.1. The summed E-state index contributed by atoms with van der Waals surface area (Å²) in [6.07, 6.45) is -3.19. The number of carbonyl (C=O) groups is 2. The first-order chi connectivity index (χ1) is 13.6. The Hall–Kier alpha value is -2.77. The van der Waals surface area contributed by atoms with Gasteiger partial charge in [0, 0.05) is 22.8 Å². The van der Waals surface area contributed by atoms with Crippen LogP contribution in [0.3, 0.4) is 0 Å². The Morgan fingerprint density at radius 3 is 2.41 bits per heavy atom. The lowest BCUT2D eigenvalue weighted by Gasteiger charge is -2.13. The van der Waals surface area contributed by atoms with E-state index in [1.165, 1.54) is 36.4 Å². The van der Waals surface area contributed by atoms with Gasteiger partial charge >= 0.3 is 6.18 Å². The zero-order chi connectivity index (χ0) is 21.3. The number of anilines is 1. The third-order valence-corrected chi connectivity index (χ3v) is 4.69. The fourth-order valence-corrected chi connectivity index (χ4v) is 3.35. The van der Waals surface area contributed by atoms with E-state index in [4.69, 9.17) is 23.2 Å². The van der Waals surface area contributed by atoms with Crippen molar-refractivity contribution in [1.29, 1.82) is 0 Å². The topological polar surface area (TPSA) is 49.4 Å². The minimum atomic E-state index is -4.56. The molecule has 0 fully saturated rings. The molecule has 4 nitrogen and oxygen atoms in total. The van der Waals surface area contributed by atoms with Crippen molar-refractivity contribution in [2.24, 2.45) is 0 Å². The van der Waals surface area contributed by atoms with Crippen LogP contribution >= 0.6 is 23.2 Å². The van der Waals surface area contributed by atoms with Crippen molar-refractivity contribution < 1.29 is 22.8 Å². The number of hydrogen-bond donors (Lipinski definition) is 1. The quantitative estimate of drug-likeness (QED) is 0.500. The predicted octanol–water partition coefficient (Wildman–Crippen LogP) is 5.39. The Balaban J connectivity index is 2.12. The zero-order valence-electron chi connectivity index (χ0n) is 14.7. The minimum Gasteiger partial charge on any atom is -0.350 e. The van der Waals surface area contributed by atoms with Gasteiger partial charge < -0.3 is 5.32 Å². The van der Waals surface area contributed by atoms with E-state index in [1.807, 2.05) is 0 Å². The van der Waals surface area contributed by atoms with Gasteiger partial charge in [-0.3, -0.25) is 14.5 Å². The van der Waals surface area contributed by atoms with Crippen LogP contribution in [0.15, 0.2) is 60.8 Å². The Bertz CT molecular complexity index is 1050. The van der Waals surface area contributed by atoms with Gasteiger partial charge in [-0.25, -0.2) is 0 Å². The molecule has 0 radical (unpaired) electrons. The van der Waals surface area contributed by atoms with E-state index in [2.05, 4.69) is 11.9 Å². The first kappa shape index (κ1) is 21.0. The smallest absolute Gasteiger partial charge is 0.350 e. The highest BCUT2D eigenvalue weighted by Crippen LogP contribution is 2.36. The SMILES string of the molecule is C=CCN1C(=O)C(Nc2cccc(C(F)(F)F)c2)=C(c2ccc(Cl)cc2Cl)C1=O. The molecule has 2 aromatic rings. The van der Waals surface area contributed by atoms with Gasteiger partial charge in [0.2, 0.25) is 0 Å². The minimum absolute atomic E-state index is 0.000913. The highest BCUT2D eigenvalue weighted by molar-refractivity contribution is 6.41. The summed E-state index contributed by atoms with van der Waals surface area (Å²) < 4.78 is 39.0. The van der Waals surface area contributed by atoms with Gasteiger partial charge in [0.1, 0.15) is 5.70 Å². The fourth-order valence-electron chi connectivity index (χ4n) is 2.85. The van der Waals surface area contributed by atoms with E-state index in [0.29, 0.717) is 5.02 Å². The van der Waals surface area contributed by atoms with E-state index in [9.17, 15) is 22.8 Å². The zero-order valence-corrected chi connectivity index (χ0v) is 16.2. The molecule has 2 aromatic carbocycles. The van der Waals surface area contributed by atoms with Crippen LogP contribution in [-0.2, 0) is 15.8 Å². The summed E-state index contributed by atoms with van der Waals surface area (Å²) in [5.74, 6) is -1.35. The second kappa shape index (κ2) is 7.93. The molecule has 3 rings (SSSR count). The number of nitrogens with zero attached hydrogens (tertiary/aromatic N) is 1. The summed E-state index contributed by atoms with van der Waals surface area (Å²) in [7, 11) is 0. The van der Waals surface area contributed by atoms with Crippen LogP contribution in [0.2, 0.25) is 10.0 Å². The predicted molar refractivity (Wildman–Crippen MR) is 105 cm³/mol. The highest BCUT2D eigenvalue weighted by atomic mass is 35.5. The van der Waals surface area contributed by atoms with E-state index in [0.717, 1.165) is 17.0 Å². The summed E-state index contributed by atoms with van der Waals surface area (Å²) in [6, 6.07) is 8.67. The van der Waals surface area contributed by atoms with Gasteiger partial charge in [-0.2, -0.15) is 13.2 Å². The number of alkyl halides is 3. The van der Waals surface area contributed by atoms with Gasteiger partial charge in [0.05, 0.1) is 16.2 Å². The van der Waals surface area contributed by atoms with Crippen LogP contribution in [0.4, 0.5) is 18.9 Å². The second-order valence-corrected chi connectivity index (χ2v) is 6.93. The van der Waals surface area contributed by atoms with Crippen molar-refractivity contribution in [2.45, 2.75) is 6.18 Å². The molecule has 0 unspecified atom stereocenters. The van der Waals surface area contributed by atoms with Crippen molar-refractivity contribution in [3.63, 3.8) is 0 Å². The number of amides is 2. The molecule has 0 saturated carbocycles. The molecular formula is C20H13Cl2F3N2O2. The van der Waals surface area contributed by atoms with E-state index < -0.39 is 23.6 Å². The second-order valence-electron chi connectivity index (χ2n) is 6.09. The maximum atomic E-state index is 13.0. The Kier molecular flexibility index (Phi) is 5.73. The van der Waals surface area contributed by atoms with Gasteiger partial charge in [0.25, 0.3) is 11.8 Å². The third kappa shape index (κ3) is 4.16. The molecule has 1 N–H and O–H groups in total. The molecule has 1 heterocycles. The number of hydrogen-bond acceptors (Lipinski definition) is 3. The molecule has 9 heteroatoms. The maximum absolute atomic E-state index is 13.0. The van der Waals surface area contributed by atoms with Gasteiger partial charge in [-0.15, -0.1) is 6.58 Å². The summed E-state index contributed by atoms with van der Waals surface area (Å²) in [6.45, 7) is 3.44. The molecule has 0 atom stereocenters. The summed E-state index contributed by atoms with van der Waals surface area (Å²) in [5.41, 5.74) is -0.903. The number of imide groups is 1. The van der Waals surface area contributed by atoms with Crippen molar-refractivity contribution in [3.8, 4) is 0 Å².